The number of hydrogen-bond donors (Lipinski definition) is 7. The van der Waals surface area contributed by atoms with Crippen LogP contribution in [0.1, 0.15) is 13.8 Å². The third-order valence-electron chi connectivity index (χ3n) is 23.7. The molecule has 36 heteroatoms. The van der Waals surface area contributed by atoms with Gasteiger partial charge < -0.3 is 87.9 Å². The molecule has 24 rings (SSSR count). The summed E-state index contributed by atoms with van der Waals surface area (Å²) in [5.74, 6) is 1.07. The fourth-order valence-corrected chi connectivity index (χ4v) is 17.8. The molecule has 18 heterocycles. The van der Waals surface area contributed by atoms with Gasteiger partial charge in [-0.2, -0.15) is 0 Å². The maximum Gasteiger partial charge on any atom is 0.347 e. The summed E-state index contributed by atoms with van der Waals surface area (Å²) in [7, 11) is 1.55. The summed E-state index contributed by atoms with van der Waals surface area (Å²) in [5.41, 5.74) is 10.7. The minimum absolute atomic E-state index is 0.210. The number of aromatic amines is 2. The van der Waals surface area contributed by atoms with Crippen LogP contribution in [0.2, 0.25) is 0 Å². The van der Waals surface area contributed by atoms with Crippen molar-refractivity contribution in [3.05, 3.63) is 270 Å². The van der Waals surface area contributed by atoms with Crippen LogP contribution in [-0.2, 0) is 0 Å². The fourth-order valence-electron chi connectivity index (χ4n) is 17.1. The van der Waals surface area contributed by atoms with Crippen molar-refractivity contribution >= 4 is 128 Å². The van der Waals surface area contributed by atoms with Crippen molar-refractivity contribution in [3.8, 4) is 62.4 Å². The number of ether oxygens (including phenoxy) is 1. The van der Waals surface area contributed by atoms with Crippen molar-refractivity contribution < 1.29 is 35.6 Å². The number of nitrogens with zero attached hydrogens (tertiary/aromatic N) is 15. The molecule has 668 valence electrons. The average Bonchev–Trinajstić information content (AvgIpc) is 1.38. The van der Waals surface area contributed by atoms with Gasteiger partial charge >= 0.3 is 28.1 Å². The number of rotatable bonds is 11. The third kappa shape index (κ3) is 18.1. The third-order valence-corrected chi connectivity index (χ3v) is 24.5. The van der Waals surface area contributed by atoms with Gasteiger partial charge in [0.1, 0.15) is 74.2 Å². The molecule has 0 spiro atoms. The van der Waals surface area contributed by atoms with Gasteiger partial charge in [0.25, 0.3) is 0 Å². The second-order valence-corrected chi connectivity index (χ2v) is 33.5. The van der Waals surface area contributed by atoms with Gasteiger partial charge in [-0.3, -0.25) is 8.80 Å². The van der Waals surface area contributed by atoms with Crippen LogP contribution in [-0.4, -0.2) is 196 Å². The normalized spacial score (nSPS) is 16.1. The number of imidazole rings is 4. The molecule has 0 amide bonds. The van der Waals surface area contributed by atoms with E-state index in [-0.39, 0.29) is 38.7 Å². The minimum atomic E-state index is -0.553. The molecule has 2 atom stereocenters. The van der Waals surface area contributed by atoms with E-state index in [2.05, 4.69) is 133 Å². The second kappa shape index (κ2) is 37.1. The molecule has 7 N–H and O–H groups in total. The van der Waals surface area contributed by atoms with E-state index in [1.54, 1.807) is 85.0 Å². The van der Waals surface area contributed by atoms with Crippen molar-refractivity contribution in [2.45, 2.75) is 25.9 Å². The number of hydrogen-bond acceptors (Lipinski definition) is 30. The lowest BCUT2D eigenvalue weighted by Gasteiger charge is -2.37. The molecule has 0 saturated carbocycles. The summed E-state index contributed by atoms with van der Waals surface area (Å²) in [6, 6.07) is 48.6. The lowest BCUT2D eigenvalue weighted by Crippen LogP contribution is -2.54. The van der Waals surface area contributed by atoms with Crippen LogP contribution in [0.15, 0.2) is 253 Å². The zero-order valence-electron chi connectivity index (χ0n) is 71.9. The maximum absolute atomic E-state index is 14.8. The number of piperazine rings is 5. The largest absolute Gasteiger partial charge is 0.481 e. The molecular formula is C96H88F2N22O11S. The molecule has 13 aromatic heterocycles. The number of thiazole rings is 1. The highest BCUT2D eigenvalue weighted by Gasteiger charge is 2.26. The Hall–Kier alpha value is -15.2. The van der Waals surface area contributed by atoms with Crippen LogP contribution >= 0.6 is 11.3 Å². The number of H-pyrrole nitrogens is 2. The monoisotopic (exact) mass is 1790 g/mol. The number of pyridine rings is 1. The Morgan fingerprint density at radius 1 is 0.424 bits per heavy atom. The van der Waals surface area contributed by atoms with Gasteiger partial charge in [-0.15, -0.1) is 11.3 Å². The van der Waals surface area contributed by atoms with Crippen molar-refractivity contribution in [2.75, 3.05) is 149 Å². The predicted molar refractivity (Wildman–Crippen MR) is 507 cm³/mol. The first-order chi connectivity index (χ1) is 64.5. The highest BCUT2D eigenvalue weighted by molar-refractivity contribution is 7.15. The van der Waals surface area contributed by atoms with Crippen LogP contribution < -0.4 is 83.9 Å². The van der Waals surface area contributed by atoms with Gasteiger partial charge in [-0.25, -0.2) is 72.6 Å². The number of para-hydroxylation sites is 2. The molecule has 33 nitrogen and oxygen atoms in total. The first-order valence-electron chi connectivity index (χ1n) is 43.4. The molecule has 0 radical (unpaired) electrons. The Labute approximate surface area is 752 Å². The van der Waals surface area contributed by atoms with Crippen LogP contribution in [0, 0.1) is 11.6 Å². The van der Waals surface area contributed by atoms with Crippen LogP contribution in [0.5, 0.6) is 5.88 Å². The van der Waals surface area contributed by atoms with E-state index in [0.717, 1.165) is 173 Å². The number of methoxy groups -OCH3 is 1. The number of anilines is 5. The van der Waals surface area contributed by atoms with Crippen LogP contribution in [0.4, 0.5) is 37.2 Å². The Balaban J connectivity index is 0.000000103. The first kappa shape index (κ1) is 84.9. The lowest BCUT2D eigenvalue weighted by atomic mass is 10.1. The fraction of sp³-hybridized carbons (Fsp3) is 0.240. The summed E-state index contributed by atoms with van der Waals surface area (Å²) < 4.78 is 65.9. The van der Waals surface area contributed by atoms with E-state index < -0.39 is 34.1 Å². The summed E-state index contributed by atoms with van der Waals surface area (Å²) in [6.45, 7) is 20.3. The van der Waals surface area contributed by atoms with E-state index in [0.29, 0.717) is 103 Å². The molecule has 5 fully saturated rings. The SMILES string of the molecule is COc1cccc(-c2cc3ccc(N4C[C@@H](C)N[C@@H](C)C4)cc3oc2=O)n1.O=c1oc2cc(N3CCNCC3)cc(F)c2cc1-c1cn2cccnc2n1.O=c1oc2cc(N3CCNCC3)cc(F)c2cc1-c1cn2ccsc2n1.O=c1oc2cc(N3CCNCC3)ccc2cc1-c1nc2ccccc2[nH]1.O=c1oc2cc(N3CCNCC3)ccc2cc1-c1nc2ncncc2[nH]1. The molecule has 5 aliphatic heterocycles. The Morgan fingerprint density at radius 3 is 1.42 bits per heavy atom. The van der Waals surface area contributed by atoms with E-state index >= 15 is 0 Å². The molecule has 6 aromatic carbocycles. The van der Waals surface area contributed by atoms with E-state index in [1.165, 1.54) is 41.9 Å². The van der Waals surface area contributed by atoms with Crippen LogP contribution in [0.25, 0.3) is 144 Å². The quantitative estimate of drug-likeness (QED) is 0.0591. The van der Waals surface area contributed by atoms with Crippen molar-refractivity contribution in [1.29, 1.82) is 0 Å². The average molecular weight is 1800 g/mol. The summed E-state index contributed by atoms with van der Waals surface area (Å²) in [6.07, 6.45) is 11.7. The number of aromatic nitrogens is 12. The van der Waals surface area contributed by atoms with E-state index in [4.69, 9.17) is 26.8 Å². The topological polar surface area (TPSA) is 380 Å². The summed E-state index contributed by atoms with van der Waals surface area (Å²) in [4.78, 5) is 115. The van der Waals surface area contributed by atoms with E-state index in [1.807, 2.05) is 88.8 Å². The number of halogens is 2. The van der Waals surface area contributed by atoms with Crippen molar-refractivity contribution in [3.63, 3.8) is 0 Å². The minimum Gasteiger partial charge on any atom is -0.481 e. The van der Waals surface area contributed by atoms with Gasteiger partial charge in [0.05, 0.1) is 68.9 Å². The molecular weight excluding hydrogens is 1710 g/mol. The Kier molecular flexibility index (Phi) is 23.9. The number of nitrogens with one attached hydrogen (secondary N) is 7. The molecule has 132 heavy (non-hydrogen) atoms. The molecule has 19 aromatic rings. The maximum atomic E-state index is 14.8. The summed E-state index contributed by atoms with van der Waals surface area (Å²) in [5, 5.41) is 21.8. The van der Waals surface area contributed by atoms with Gasteiger partial charge in [0.2, 0.25) is 11.7 Å². The van der Waals surface area contributed by atoms with Crippen LogP contribution in [0.3, 0.4) is 0 Å². The zero-order chi connectivity index (χ0) is 90.0. The molecule has 0 unspecified atom stereocenters. The molecule has 5 saturated heterocycles. The molecule has 0 aliphatic carbocycles. The van der Waals surface area contributed by atoms with Crippen molar-refractivity contribution in [2.24, 2.45) is 0 Å². The highest BCUT2D eigenvalue weighted by atomic mass is 32.1. The smallest absolute Gasteiger partial charge is 0.347 e. The second-order valence-electron chi connectivity index (χ2n) is 32.6. The molecule has 5 aliphatic rings. The summed E-state index contributed by atoms with van der Waals surface area (Å²) >= 11 is 1.47. The zero-order valence-corrected chi connectivity index (χ0v) is 72.7. The van der Waals surface area contributed by atoms with Gasteiger partial charge in [0.15, 0.2) is 10.6 Å². The Bertz CT molecular complexity index is 7530. The van der Waals surface area contributed by atoms with Gasteiger partial charge in [0, 0.05) is 247 Å². The number of benzene rings is 6. The van der Waals surface area contributed by atoms with Gasteiger partial charge in [-0.05, 0) is 117 Å². The number of fused-ring (bicyclic) bond motifs is 9. The first-order valence-corrected chi connectivity index (χ1v) is 44.3. The molecule has 0 bridgehead atoms. The standard InChI is InChI=1S/C21H23N3O3.C20H18N4O2.C19H16FN5O2.C18H15FN4O2S.C18H16N6O2/c1-13-11-24(12-14(2)22-13)16-8-7-15-9-17(21(25)27-19(15)10-16)18-5-4-6-20(23-18)26-3;25-20-15(19-22-16-3-1-2-4-17(16)23-19)11-13-5-6-14(12-18(13)26-20)24-9-7-21-8-10-24;20-15-8-12(24-6-3-21-4-7-24)9-17-13(15)10-14(18(26)27-17)16-11-25-5-1-2-22-19(25)23-16;19-14-7-11(22-3-1-20-2-4-22)8-16-12(14)9-13(17(24)25-16)15-10-23-5-6-26-18(23)21-15;25-18-13(16-22-14-9-20-10-21-17(14)23-16)7-11-1-2-12(8-15(11)26-18)24-5-3-19-4-6-24/h4-10,13-14,22H,11-12H2,1-3H3;1-6,11-12,21H,7-10H2,(H,22,23);1-2,5,8-11,21H,3-4,6-7H2;5-10,20H,1-4H2;1-2,7-10,19H,3-6H2,(H,20,21,22,23)/t13-,14+;;;;. The van der Waals surface area contributed by atoms with Crippen molar-refractivity contribution in [1.82, 2.24) is 85.2 Å². The highest BCUT2D eigenvalue weighted by Crippen LogP contribution is 2.35. The van der Waals surface area contributed by atoms with E-state index in [9.17, 15) is 32.8 Å². The lowest BCUT2D eigenvalue weighted by molar-refractivity contribution is 0.398. The Morgan fingerprint density at radius 2 is 0.894 bits per heavy atom. The van der Waals surface area contributed by atoms with Gasteiger partial charge in [-0.1, -0.05) is 18.2 Å². The predicted octanol–water partition coefficient (Wildman–Crippen LogP) is 12.1.